The summed E-state index contributed by atoms with van der Waals surface area (Å²) in [5.41, 5.74) is 1.56. The van der Waals surface area contributed by atoms with Crippen LogP contribution in [0.3, 0.4) is 0 Å². The molecule has 6 heteroatoms. The molecule has 21 heavy (non-hydrogen) atoms. The van der Waals surface area contributed by atoms with E-state index in [0.29, 0.717) is 30.8 Å². The van der Waals surface area contributed by atoms with E-state index >= 15 is 0 Å². The number of hydrogen-bond acceptors (Lipinski definition) is 5. The summed E-state index contributed by atoms with van der Waals surface area (Å²) in [5.74, 6) is -0.0697. The number of amides is 1. The average molecular weight is 293 g/mol. The second-order valence-electron chi connectivity index (χ2n) is 6.07. The summed E-state index contributed by atoms with van der Waals surface area (Å²) in [6.07, 6.45) is 0.310. The maximum atomic E-state index is 12.8. The predicted octanol–water partition coefficient (Wildman–Crippen LogP) is 0.959. The third-order valence-electron chi connectivity index (χ3n) is 3.53. The zero-order chi connectivity index (χ0) is 15.6. The minimum Gasteiger partial charge on any atom is -0.394 e. The van der Waals surface area contributed by atoms with Crippen LogP contribution in [-0.2, 0) is 11.2 Å². The Hall–Kier alpha value is -1.53. The van der Waals surface area contributed by atoms with Gasteiger partial charge in [-0.3, -0.25) is 4.79 Å². The molecule has 0 aliphatic carbocycles. The maximum absolute atomic E-state index is 12.8. The highest BCUT2D eigenvalue weighted by molar-refractivity contribution is 5.95. The van der Waals surface area contributed by atoms with Gasteiger partial charge in [-0.05, 0) is 33.3 Å². The molecule has 1 aromatic heterocycles. The number of carbonyl (C=O) groups excluding carboxylic acids is 1. The van der Waals surface area contributed by atoms with Crippen LogP contribution in [0.25, 0.3) is 0 Å². The summed E-state index contributed by atoms with van der Waals surface area (Å²) < 4.78 is 5.75. The number of ether oxygens (including phenoxy) is 1. The van der Waals surface area contributed by atoms with Crippen LogP contribution in [0.1, 0.15) is 42.5 Å². The number of aliphatic hydroxyl groups is 1. The Labute approximate surface area is 125 Å². The van der Waals surface area contributed by atoms with E-state index in [0.717, 1.165) is 5.69 Å². The standard InChI is InChI=1S/C15H23N3O3/c1-5-13-12(6-10(2)16-17-13)14(20)18-7-11(8-19)21-15(3,4)9-18/h6,11,19H,5,7-9H2,1-4H3. The topological polar surface area (TPSA) is 75.6 Å². The first-order chi connectivity index (χ1) is 9.86. The second kappa shape index (κ2) is 6.07. The van der Waals surface area contributed by atoms with Crippen molar-refractivity contribution < 1.29 is 14.6 Å². The monoisotopic (exact) mass is 293 g/mol. The Bertz CT molecular complexity index is 531. The summed E-state index contributed by atoms with van der Waals surface area (Å²) >= 11 is 0. The van der Waals surface area contributed by atoms with Gasteiger partial charge in [0, 0.05) is 13.1 Å². The van der Waals surface area contributed by atoms with Crippen molar-refractivity contribution in [3.8, 4) is 0 Å². The van der Waals surface area contributed by atoms with Crippen LogP contribution in [-0.4, -0.2) is 57.5 Å². The highest BCUT2D eigenvalue weighted by Gasteiger charge is 2.36. The van der Waals surface area contributed by atoms with E-state index in [-0.39, 0.29) is 18.6 Å². The third kappa shape index (κ3) is 3.57. The molecule has 2 heterocycles. The van der Waals surface area contributed by atoms with Gasteiger partial charge in [-0.25, -0.2) is 0 Å². The van der Waals surface area contributed by atoms with Crippen LogP contribution in [0, 0.1) is 6.92 Å². The smallest absolute Gasteiger partial charge is 0.256 e. The average Bonchev–Trinajstić information content (AvgIpc) is 2.44. The number of morpholine rings is 1. The normalized spacial score (nSPS) is 21.4. The molecule has 1 atom stereocenters. The Morgan fingerprint density at radius 3 is 2.86 bits per heavy atom. The number of aliphatic hydroxyl groups excluding tert-OH is 1. The molecule has 1 aromatic rings. The zero-order valence-corrected chi connectivity index (χ0v) is 13.1. The molecule has 0 saturated carbocycles. The molecule has 2 rings (SSSR count). The summed E-state index contributed by atoms with van der Waals surface area (Å²) in [5, 5.41) is 17.5. The van der Waals surface area contributed by atoms with Crippen molar-refractivity contribution in [2.45, 2.75) is 45.8 Å². The van der Waals surface area contributed by atoms with Crippen molar-refractivity contribution in [1.29, 1.82) is 0 Å². The summed E-state index contributed by atoms with van der Waals surface area (Å²) in [7, 11) is 0. The molecular formula is C15H23N3O3. The molecule has 1 amide bonds. The highest BCUT2D eigenvalue weighted by Crippen LogP contribution is 2.23. The summed E-state index contributed by atoms with van der Waals surface area (Å²) in [4.78, 5) is 14.5. The molecule has 0 bridgehead atoms. The molecular weight excluding hydrogens is 270 g/mol. The first-order valence-corrected chi connectivity index (χ1v) is 7.27. The first kappa shape index (κ1) is 15.9. The van der Waals surface area contributed by atoms with Gasteiger partial charge >= 0.3 is 0 Å². The zero-order valence-electron chi connectivity index (χ0n) is 13.1. The Morgan fingerprint density at radius 2 is 2.24 bits per heavy atom. The van der Waals surface area contributed by atoms with Crippen molar-refractivity contribution in [3.05, 3.63) is 23.0 Å². The maximum Gasteiger partial charge on any atom is 0.256 e. The third-order valence-corrected chi connectivity index (χ3v) is 3.53. The fraction of sp³-hybridized carbons (Fsp3) is 0.667. The molecule has 1 fully saturated rings. The van der Waals surface area contributed by atoms with E-state index in [2.05, 4.69) is 10.2 Å². The molecule has 1 aliphatic rings. The van der Waals surface area contributed by atoms with Crippen LogP contribution in [0.2, 0.25) is 0 Å². The number of aryl methyl sites for hydroxylation is 2. The van der Waals surface area contributed by atoms with Gasteiger partial charge in [0.25, 0.3) is 5.91 Å². The fourth-order valence-electron chi connectivity index (χ4n) is 2.68. The first-order valence-electron chi connectivity index (χ1n) is 7.27. The predicted molar refractivity (Wildman–Crippen MR) is 78.1 cm³/mol. The fourth-order valence-corrected chi connectivity index (χ4v) is 2.68. The lowest BCUT2D eigenvalue weighted by Gasteiger charge is -2.42. The van der Waals surface area contributed by atoms with E-state index in [1.54, 1.807) is 11.0 Å². The second-order valence-corrected chi connectivity index (χ2v) is 6.07. The Morgan fingerprint density at radius 1 is 1.52 bits per heavy atom. The molecule has 116 valence electrons. The van der Waals surface area contributed by atoms with E-state index in [1.807, 2.05) is 27.7 Å². The summed E-state index contributed by atoms with van der Waals surface area (Å²) in [6.45, 7) is 8.41. The van der Waals surface area contributed by atoms with Gasteiger partial charge in [-0.2, -0.15) is 10.2 Å². The Balaban J connectivity index is 2.28. The molecule has 6 nitrogen and oxygen atoms in total. The van der Waals surface area contributed by atoms with Crippen molar-refractivity contribution in [3.63, 3.8) is 0 Å². The highest BCUT2D eigenvalue weighted by atomic mass is 16.5. The largest absolute Gasteiger partial charge is 0.394 e. The lowest BCUT2D eigenvalue weighted by atomic mass is 10.0. The molecule has 1 saturated heterocycles. The van der Waals surface area contributed by atoms with Crippen molar-refractivity contribution in [2.75, 3.05) is 19.7 Å². The van der Waals surface area contributed by atoms with Gasteiger partial charge in [-0.1, -0.05) is 6.92 Å². The van der Waals surface area contributed by atoms with Crippen molar-refractivity contribution in [2.24, 2.45) is 0 Å². The van der Waals surface area contributed by atoms with Crippen molar-refractivity contribution >= 4 is 5.91 Å². The molecule has 0 aromatic carbocycles. The van der Waals surface area contributed by atoms with Crippen molar-refractivity contribution in [1.82, 2.24) is 15.1 Å². The molecule has 1 aliphatic heterocycles. The quantitative estimate of drug-likeness (QED) is 0.898. The van der Waals surface area contributed by atoms with Crippen LogP contribution in [0.15, 0.2) is 6.07 Å². The van der Waals surface area contributed by atoms with Gasteiger partial charge in [0.05, 0.1) is 35.3 Å². The molecule has 1 unspecified atom stereocenters. The van der Waals surface area contributed by atoms with E-state index in [9.17, 15) is 9.90 Å². The van der Waals surface area contributed by atoms with Gasteiger partial charge in [-0.15, -0.1) is 0 Å². The number of aromatic nitrogens is 2. The van der Waals surface area contributed by atoms with Crippen LogP contribution >= 0.6 is 0 Å². The summed E-state index contributed by atoms with van der Waals surface area (Å²) in [6, 6.07) is 1.78. The van der Waals surface area contributed by atoms with Gasteiger partial charge in [0.1, 0.15) is 0 Å². The molecule has 1 N–H and O–H groups in total. The lowest BCUT2D eigenvalue weighted by molar-refractivity contribution is -0.139. The van der Waals surface area contributed by atoms with E-state index in [1.165, 1.54) is 0 Å². The lowest BCUT2D eigenvalue weighted by Crippen LogP contribution is -2.55. The number of rotatable bonds is 3. The van der Waals surface area contributed by atoms with E-state index < -0.39 is 5.60 Å². The SMILES string of the molecule is CCc1nnc(C)cc1C(=O)N1CC(CO)OC(C)(C)C1. The van der Waals surface area contributed by atoms with Crippen LogP contribution < -0.4 is 0 Å². The van der Waals surface area contributed by atoms with E-state index in [4.69, 9.17) is 4.74 Å². The number of carbonyl (C=O) groups is 1. The molecule has 0 radical (unpaired) electrons. The van der Waals surface area contributed by atoms with Crippen LogP contribution in [0.5, 0.6) is 0 Å². The Kier molecular flexibility index (Phi) is 4.58. The molecule has 0 spiro atoms. The van der Waals surface area contributed by atoms with Crippen LogP contribution in [0.4, 0.5) is 0 Å². The number of hydrogen-bond donors (Lipinski definition) is 1. The van der Waals surface area contributed by atoms with Gasteiger partial charge in [0.15, 0.2) is 0 Å². The van der Waals surface area contributed by atoms with Gasteiger partial charge in [0.2, 0.25) is 0 Å². The minimum atomic E-state index is -0.469. The van der Waals surface area contributed by atoms with Gasteiger partial charge < -0.3 is 14.7 Å². The number of nitrogens with zero attached hydrogens (tertiary/aromatic N) is 3. The minimum absolute atomic E-state index is 0.0697.